The molecule has 0 radical (unpaired) electrons. The Balaban J connectivity index is 1.86. The van der Waals surface area contributed by atoms with Crippen molar-refractivity contribution < 1.29 is 0 Å². The first-order valence-electron chi connectivity index (χ1n) is 7.16. The van der Waals surface area contributed by atoms with Crippen molar-refractivity contribution in [1.29, 1.82) is 0 Å². The van der Waals surface area contributed by atoms with Gasteiger partial charge in [-0.1, -0.05) is 37.3 Å². The summed E-state index contributed by atoms with van der Waals surface area (Å²) in [6, 6.07) is 12.3. The predicted octanol–water partition coefficient (Wildman–Crippen LogP) is 3.76. The van der Waals surface area contributed by atoms with Crippen molar-refractivity contribution in [3.8, 4) is 16.8 Å². The normalized spacial score (nSPS) is 10.5. The van der Waals surface area contributed by atoms with Gasteiger partial charge in [-0.25, -0.2) is 4.68 Å². The lowest BCUT2D eigenvalue weighted by Gasteiger charge is -2.06. The third-order valence-electron chi connectivity index (χ3n) is 3.26. The van der Waals surface area contributed by atoms with Crippen LogP contribution in [0.3, 0.4) is 0 Å². The van der Waals surface area contributed by atoms with E-state index < -0.39 is 0 Å². The highest BCUT2D eigenvalue weighted by atomic mass is 15.3. The van der Waals surface area contributed by atoms with Crippen molar-refractivity contribution in [2.45, 2.75) is 13.3 Å². The molecule has 4 nitrogen and oxygen atoms in total. The number of hydrogen-bond acceptors (Lipinski definition) is 3. The van der Waals surface area contributed by atoms with Crippen LogP contribution in [-0.2, 0) is 0 Å². The summed E-state index contributed by atoms with van der Waals surface area (Å²) in [6.45, 7) is 3.09. The molecule has 0 aliphatic rings. The summed E-state index contributed by atoms with van der Waals surface area (Å²) in [5, 5.41) is 7.77. The lowest BCUT2D eigenvalue weighted by molar-refractivity contribution is 0.873. The molecule has 106 valence electrons. The molecule has 4 heteroatoms. The van der Waals surface area contributed by atoms with Crippen molar-refractivity contribution >= 4 is 5.69 Å². The Morgan fingerprint density at radius 1 is 1.05 bits per heavy atom. The first kappa shape index (κ1) is 13.4. The predicted molar refractivity (Wildman–Crippen MR) is 85.6 cm³/mol. The molecule has 2 heterocycles. The SMILES string of the molecule is CCCNc1cncc(-n2cc(-c3ccccc3)cn2)c1. The highest BCUT2D eigenvalue weighted by molar-refractivity contribution is 5.62. The molecule has 2 aromatic heterocycles. The number of benzene rings is 1. The fourth-order valence-corrected chi connectivity index (χ4v) is 2.16. The van der Waals surface area contributed by atoms with Gasteiger partial charge in [-0.15, -0.1) is 0 Å². The van der Waals surface area contributed by atoms with Gasteiger partial charge in [-0.05, 0) is 18.1 Å². The van der Waals surface area contributed by atoms with Gasteiger partial charge in [0.05, 0.1) is 30.0 Å². The Morgan fingerprint density at radius 2 is 1.90 bits per heavy atom. The number of anilines is 1. The Bertz CT molecular complexity index is 704. The summed E-state index contributed by atoms with van der Waals surface area (Å²) in [4.78, 5) is 4.27. The van der Waals surface area contributed by atoms with E-state index in [9.17, 15) is 0 Å². The second-order valence-electron chi connectivity index (χ2n) is 4.90. The van der Waals surface area contributed by atoms with Gasteiger partial charge in [-0.2, -0.15) is 5.10 Å². The quantitative estimate of drug-likeness (QED) is 0.772. The summed E-state index contributed by atoms with van der Waals surface area (Å²) in [5.41, 5.74) is 4.24. The molecule has 0 amide bonds. The van der Waals surface area contributed by atoms with E-state index in [0.29, 0.717) is 0 Å². The smallest absolute Gasteiger partial charge is 0.0849 e. The monoisotopic (exact) mass is 278 g/mol. The Morgan fingerprint density at radius 3 is 2.71 bits per heavy atom. The third-order valence-corrected chi connectivity index (χ3v) is 3.26. The largest absolute Gasteiger partial charge is 0.384 e. The number of nitrogens with one attached hydrogen (secondary N) is 1. The lowest BCUT2D eigenvalue weighted by Crippen LogP contribution is -2.02. The van der Waals surface area contributed by atoms with Crippen LogP contribution in [0.4, 0.5) is 5.69 Å². The third kappa shape index (κ3) is 3.11. The summed E-state index contributed by atoms with van der Waals surface area (Å²) < 4.78 is 1.85. The Kier molecular flexibility index (Phi) is 3.96. The average molecular weight is 278 g/mol. The minimum atomic E-state index is 0.944. The van der Waals surface area contributed by atoms with Crippen molar-refractivity contribution in [3.63, 3.8) is 0 Å². The van der Waals surface area contributed by atoms with Gasteiger partial charge >= 0.3 is 0 Å². The van der Waals surface area contributed by atoms with Crippen molar-refractivity contribution in [2.24, 2.45) is 0 Å². The summed E-state index contributed by atoms with van der Waals surface area (Å²) in [5.74, 6) is 0. The zero-order valence-electron chi connectivity index (χ0n) is 12.0. The van der Waals surface area contributed by atoms with Crippen LogP contribution < -0.4 is 5.32 Å². The van der Waals surface area contributed by atoms with E-state index in [2.05, 4.69) is 40.5 Å². The highest BCUT2D eigenvalue weighted by Crippen LogP contribution is 2.20. The molecule has 0 aliphatic carbocycles. The van der Waals surface area contributed by atoms with Gasteiger partial charge < -0.3 is 5.32 Å². The molecule has 0 saturated carbocycles. The highest BCUT2D eigenvalue weighted by Gasteiger charge is 2.04. The fraction of sp³-hybridized carbons (Fsp3) is 0.176. The fourth-order valence-electron chi connectivity index (χ4n) is 2.16. The Hall–Kier alpha value is -2.62. The molecule has 0 saturated heterocycles. The van der Waals surface area contributed by atoms with Gasteiger partial charge in [0.25, 0.3) is 0 Å². The maximum absolute atomic E-state index is 4.43. The van der Waals surface area contributed by atoms with Gasteiger partial charge in [0.15, 0.2) is 0 Å². The maximum atomic E-state index is 4.43. The summed E-state index contributed by atoms with van der Waals surface area (Å²) in [6.07, 6.45) is 8.64. The molecule has 0 aliphatic heterocycles. The molecule has 1 aromatic carbocycles. The van der Waals surface area contributed by atoms with Gasteiger partial charge in [-0.3, -0.25) is 4.98 Å². The molecule has 0 spiro atoms. The first-order chi connectivity index (χ1) is 10.4. The van der Waals surface area contributed by atoms with Crippen LogP contribution in [0.1, 0.15) is 13.3 Å². The van der Waals surface area contributed by atoms with Gasteiger partial charge in [0, 0.05) is 18.3 Å². The second-order valence-corrected chi connectivity index (χ2v) is 4.90. The lowest BCUT2D eigenvalue weighted by atomic mass is 10.1. The molecular formula is C17H18N4. The minimum absolute atomic E-state index is 0.944. The minimum Gasteiger partial charge on any atom is -0.384 e. The van der Waals surface area contributed by atoms with Crippen molar-refractivity contribution in [1.82, 2.24) is 14.8 Å². The van der Waals surface area contributed by atoms with E-state index >= 15 is 0 Å². The van der Waals surface area contributed by atoms with Crippen molar-refractivity contribution in [2.75, 3.05) is 11.9 Å². The van der Waals surface area contributed by atoms with Crippen LogP contribution in [0.25, 0.3) is 16.8 Å². The number of nitrogens with zero attached hydrogens (tertiary/aromatic N) is 3. The Labute approximate surface area is 124 Å². The number of rotatable bonds is 5. The van der Waals surface area contributed by atoms with Crippen LogP contribution in [0.2, 0.25) is 0 Å². The van der Waals surface area contributed by atoms with E-state index in [-0.39, 0.29) is 0 Å². The van der Waals surface area contributed by atoms with Crippen LogP contribution in [0, 0.1) is 0 Å². The molecule has 21 heavy (non-hydrogen) atoms. The van der Waals surface area contributed by atoms with Crippen LogP contribution in [-0.4, -0.2) is 21.3 Å². The molecule has 0 atom stereocenters. The number of pyridine rings is 1. The molecule has 0 bridgehead atoms. The van der Waals surface area contributed by atoms with E-state index in [1.807, 2.05) is 47.7 Å². The molecular weight excluding hydrogens is 260 g/mol. The summed E-state index contributed by atoms with van der Waals surface area (Å²) >= 11 is 0. The molecule has 1 N–H and O–H groups in total. The van der Waals surface area contributed by atoms with E-state index in [4.69, 9.17) is 0 Å². The zero-order chi connectivity index (χ0) is 14.5. The second kappa shape index (κ2) is 6.22. The van der Waals surface area contributed by atoms with E-state index in [1.165, 1.54) is 0 Å². The van der Waals surface area contributed by atoms with E-state index in [0.717, 1.165) is 35.5 Å². The average Bonchev–Trinajstić information content (AvgIpc) is 3.04. The molecule has 0 fully saturated rings. The summed E-state index contributed by atoms with van der Waals surface area (Å²) in [7, 11) is 0. The molecule has 0 unspecified atom stereocenters. The van der Waals surface area contributed by atoms with Gasteiger partial charge in [0.2, 0.25) is 0 Å². The topological polar surface area (TPSA) is 42.7 Å². The van der Waals surface area contributed by atoms with Gasteiger partial charge in [0.1, 0.15) is 0 Å². The van der Waals surface area contributed by atoms with Crippen LogP contribution in [0.5, 0.6) is 0 Å². The van der Waals surface area contributed by atoms with E-state index in [1.54, 1.807) is 0 Å². The number of hydrogen-bond donors (Lipinski definition) is 1. The standard InChI is InChI=1S/C17H18N4/c1-2-8-19-16-9-17(12-18-11-16)21-13-15(10-20-21)14-6-4-3-5-7-14/h3-7,9-13,19H,2,8H2,1H3. The van der Waals surface area contributed by atoms with Crippen LogP contribution in [0.15, 0.2) is 61.2 Å². The first-order valence-corrected chi connectivity index (χ1v) is 7.16. The maximum Gasteiger partial charge on any atom is 0.0849 e. The molecule has 3 aromatic rings. The number of aromatic nitrogens is 3. The van der Waals surface area contributed by atoms with Crippen molar-refractivity contribution in [3.05, 3.63) is 61.2 Å². The molecule has 3 rings (SSSR count). The van der Waals surface area contributed by atoms with Crippen LogP contribution >= 0.6 is 0 Å². The zero-order valence-corrected chi connectivity index (χ0v) is 12.0.